The van der Waals surface area contributed by atoms with Crippen LogP contribution in [0.15, 0.2) is 0 Å². The summed E-state index contributed by atoms with van der Waals surface area (Å²) in [5.74, 6) is 0. The van der Waals surface area contributed by atoms with Crippen LogP contribution in [0.2, 0.25) is 0 Å². The second-order valence-electron chi connectivity index (χ2n) is 6.10. The molecule has 0 aliphatic carbocycles. The van der Waals surface area contributed by atoms with Gasteiger partial charge in [-0.3, -0.25) is 4.90 Å². The summed E-state index contributed by atoms with van der Waals surface area (Å²) in [4.78, 5) is 2.74. The molecule has 0 amide bonds. The van der Waals surface area contributed by atoms with Gasteiger partial charge in [0.2, 0.25) is 0 Å². The standard InChI is InChI=1S/C15H30N2O/c1-4-15(5-2)12-17(9-6-8-16-15)14-7-10-18-13(3)11-14/h13-14,16H,4-12H2,1-3H3. The molecule has 2 rings (SSSR count). The molecular formula is C15H30N2O. The topological polar surface area (TPSA) is 24.5 Å². The van der Waals surface area contributed by atoms with E-state index in [-0.39, 0.29) is 0 Å². The maximum absolute atomic E-state index is 5.69. The highest BCUT2D eigenvalue weighted by Gasteiger charge is 2.34. The molecule has 3 nitrogen and oxygen atoms in total. The number of ether oxygens (including phenoxy) is 1. The van der Waals surface area contributed by atoms with Crippen molar-refractivity contribution in [2.75, 3.05) is 26.2 Å². The Labute approximate surface area is 112 Å². The Kier molecular flexibility index (Phi) is 5.05. The monoisotopic (exact) mass is 254 g/mol. The van der Waals surface area contributed by atoms with Crippen molar-refractivity contribution in [2.45, 2.75) is 70.6 Å². The summed E-state index contributed by atoms with van der Waals surface area (Å²) < 4.78 is 5.69. The van der Waals surface area contributed by atoms with E-state index >= 15 is 0 Å². The van der Waals surface area contributed by atoms with Gasteiger partial charge < -0.3 is 10.1 Å². The second-order valence-corrected chi connectivity index (χ2v) is 6.10. The van der Waals surface area contributed by atoms with E-state index in [9.17, 15) is 0 Å². The molecule has 0 spiro atoms. The molecule has 106 valence electrons. The summed E-state index contributed by atoms with van der Waals surface area (Å²) in [5, 5.41) is 3.80. The van der Waals surface area contributed by atoms with Gasteiger partial charge in [0.1, 0.15) is 0 Å². The van der Waals surface area contributed by atoms with Gasteiger partial charge in [-0.2, -0.15) is 0 Å². The van der Waals surface area contributed by atoms with Gasteiger partial charge in [0.15, 0.2) is 0 Å². The molecule has 0 bridgehead atoms. The Morgan fingerprint density at radius 3 is 2.78 bits per heavy atom. The van der Waals surface area contributed by atoms with Gasteiger partial charge in [0.25, 0.3) is 0 Å². The second kappa shape index (κ2) is 6.36. The molecule has 0 saturated carbocycles. The molecule has 0 aromatic carbocycles. The van der Waals surface area contributed by atoms with Crippen molar-refractivity contribution < 1.29 is 4.74 Å². The summed E-state index contributed by atoms with van der Waals surface area (Å²) >= 11 is 0. The maximum atomic E-state index is 5.69. The SMILES string of the molecule is CCC1(CC)CN(C2CCOC(C)C2)CCCN1. The number of hydrogen-bond donors (Lipinski definition) is 1. The highest BCUT2D eigenvalue weighted by Crippen LogP contribution is 2.25. The third-order valence-corrected chi connectivity index (χ3v) is 4.96. The van der Waals surface area contributed by atoms with Crippen molar-refractivity contribution >= 4 is 0 Å². The van der Waals surface area contributed by atoms with Gasteiger partial charge in [0, 0.05) is 24.7 Å². The average Bonchev–Trinajstić information content (AvgIpc) is 2.62. The fourth-order valence-electron chi connectivity index (χ4n) is 3.50. The molecule has 2 aliphatic heterocycles. The van der Waals surface area contributed by atoms with Crippen LogP contribution in [0, 0.1) is 0 Å². The smallest absolute Gasteiger partial charge is 0.0561 e. The van der Waals surface area contributed by atoms with Crippen LogP contribution < -0.4 is 5.32 Å². The first-order chi connectivity index (χ1) is 8.69. The molecule has 2 fully saturated rings. The zero-order chi connectivity index (χ0) is 13.0. The van der Waals surface area contributed by atoms with E-state index in [1.807, 2.05) is 0 Å². The number of nitrogens with zero attached hydrogens (tertiary/aromatic N) is 1. The lowest BCUT2D eigenvalue weighted by Gasteiger charge is -2.41. The zero-order valence-corrected chi connectivity index (χ0v) is 12.4. The van der Waals surface area contributed by atoms with Crippen molar-refractivity contribution in [2.24, 2.45) is 0 Å². The molecule has 3 heteroatoms. The minimum atomic E-state index is 0.345. The molecule has 2 heterocycles. The van der Waals surface area contributed by atoms with Gasteiger partial charge in [-0.25, -0.2) is 0 Å². The van der Waals surface area contributed by atoms with Crippen LogP contribution in [0.25, 0.3) is 0 Å². The van der Waals surface area contributed by atoms with Gasteiger partial charge in [-0.15, -0.1) is 0 Å². The van der Waals surface area contributed by atoms with Crippen molar-refractivity contribution in [3.8, 4) is 0 Å². The predicted molar refractivity (Wildman–Crippen MR) is 75.9 cm³/mol. The molecular weight excluding hydrogens is 224 g/mol. The van der Waals surface area contributed by atoms with Crippen LogP contribution >= 0.6 is 0 Å². The summed E-state index contributed by atoms with van der Waals surface area (Å²) in [5.41, 5.74) is 0.345. The van der Waals surface area contributed by atoms with Gasteiger partial charge in [0.05, 0.1) is 6.10 Å². The summed E-state index contributed by atoms with van der Waals surface area (Å²) in [6.45, 7) is 11.5. The highest BCUT2D eigenvalue weighted by atomic mass is 16.5. The minimum absolute atomic E-state index is 0.345. The average molecular weight is 254 g/mol. The Bertz CT molecular complexity index is 253. The highest BCUT2D eigenvalue weighted by molar-refractivity contribution is 4.93. The summed E-state index contributed by atoms with van der Waals surface area (Å²) in [6, 6.07) is 0.742. The third-order valence-electron chi connectivity index (χ3n) is 4.96. The molecule has 2 unspecified atom stereocenters. The summed E-state index contributed by atoms with van der Waals surface area (Å²) in [7, 11) is 0. The van der Waals surface area contributed by atoms with E-state index in [1.165, 1.54) is 51.7 Å². The first kappa shape index (κ1) is 14.3. The predicted octanol–water partition coefficient (Wildman–Crippen LogP) is 2.41. The molecule has 2 saturated heterocycles. The van der Waals surface area contributed by atoms with E-state index < -0.39 is 0 Å². The van der Waals surface area contributed by atoms with E-state index in [4.69, 9.17) is 4.74 Å². The van der Waals surface area contributed by atoms with Crippen molar-refractivity contribution in [1.82, 2.24) is 10.2 Å². The maximum Gasteiger partial charge on any atom is 0.0561 e. The van der Waals surface area contributed by atoms with E-state index in [0.29, 0.717) is 11.6 Å². The van der Waals surface area contributed by atoms with Crippen LogP contribution in [0.5, 0.6) is 0 Å². The van der Waals surface area contributed by atoms with E-state index in [1.54, 1.807) is 0 Å². The fourth-order valence-corrected chi connectivity index (χ4v) is 3.50. The van der Waals surface area contributed by atoms with Gasteiger partial charge >= 0.3 is 0 Å². The van der Waals surface area contributed by atoms with Crippen LogP contribution in [-0.2, 0) is 4.74 Å². The van der Waals surface area contributed by atoms with E-state index in [2.05, 4.69) is 31.0 Å². The van der Waals surface area contributed by atoms with Gasteiger partial charge in [-0.1, -0.05) is 13.8 Å². The van der Waals surface area contributed by atoms with Crippen LogP contribution in [-0.4, -0.2) is 48.8 Å². The normalized spacial score (nSPS) is 34.2. The zero-order valence-electron chi connectivity index (χ0n) is 12.4. The molecule has 1 N–H and O–H groups in total. The Morgan fingerprint density at radius 2 is 2.11 bits per heavy atom. The van der Waals surface area contributed by atoms with Crippen molar-refractivity contribution in [3.05, 3.63) is 0 Å². The first-order valence-corrected chi connectivity index (χ1v) is 7.80. The van der Waals surface area contributed by atoms with E-state index in [0.717, 1.165) is 12.6 Å². The van der Waals surface area contributed by atoms with Crippen LogP contribution in [0.3, 0.4) is 0 Å². The molecule has 0 aromatic heterocycles. The van der Waals surface area contributed by atoms with Gasteiger partial charge in [-0.05, 0) is 52.1 Å². The fraction of sp³-hybridized carbons (Fsp3) is 1.00. The largest absolute Gasteiger partial charge is 0.378 e. The summed E-state index contributed by atoms with van der Waals surface area (Å²) in [6.07, 6.45) is 6.63. The lowest BCUT2D eigenvalue weighted by Crippen LogP contribution is -2.53. The molecule has 0 radical (unpaired) electrons. The molecule has 2 atom stereocenters. The molecule has 18 heavy (non-hydrogen) atoms. The minimum Gasteiger partial charge on any atom is -0.378 e. The molecule has 0 aromatic rings. The lowest BCUT2D eigenvalue weighted by molar-refractivity contribution is -0.0214. The Hall–Kier alpha value is -0.120. The quantitative estimate of drug-likeness (QED) is 0.837. The third kappa shape index (κ3) is 3.25. The number of rotatable bonds is 3. The number of hydrogen-bond acceptors (Lipinski definition) is 3. The Morgan fingerprint density at radius 1 is 1.33 bits per heavy atom. The molecule has 2 aliphatic rings. The van der Waals surface area contributed by atoms with Crippen LogP contribution in [0.1, 0.15) is 52.9 Å². The van der Waals surface area contributed by atoms with Crippen molar-refractivity contribution in [3.63, 3.8) is 0 Å². The van der Waals surface area contributed by atoms with Crippen LogP contribution in [0.4, 0.5) is 0 Å². The van der Waals surface area contributed by atoms with Crippen molar-refractivity contribution in [1.29, 1.82) is 0 Å². The number of nitrogens with one attached hydrogen (secondary N) is 1. The Balaban J connectivity index is 2.02. The first-order valence-electron chi connectivity index (χ1n) is 7.80. The lowest BCUT2D eigenvalue weighted by atomic mass is 9.91.